The van der Waals surface area contributed by atoms with Crippen LogP contribution >= 0.6 is 0 Å². The van der Waals surface area contributed by atoms with Crippen LogP contribution in [0.15, 0.2) is 54.6 Å². The van der Waals surface area contributed by atoms with E-state index in [1.165, 1.54) is 16.7 Å². The fourth-order valence-corrected chi connectivity index (χ4v) is 2.67. The van der Waals surface area contributed by atoms with Crippen molar-refractivity contribution in [1.82, 2.24) is 5.32 Å². The van der Waals surface area contributed by atoms with Crippen molar-refractivity contribution in [3.8, 4) is 11.1 Å². The molecule has 3 rings (SSSR count). The van der Waals surface area contributed by atoms with Crippen molar-refractivity contribution in [2.24, 2.45) is 0 Å². The number of methoxy groups -OCH3 is 1. The van der Waals surface area contributed by atoms with Crippen LogP contribution < -0.4 is 5.32 Å². The van der Waals surface area contributed by atoms with Crippen molar-refractivity contribution in [3.05, 3.63) is 60.2 Å². The maximum atomic E-state index is 5.71. The Balaban J connectivity index is 1.94. The summed E-state index contributed by atoms with van der Waals surface area (Å²) in [6, 6.07) is 19.2. The highest BCUT2D eigenvalue weighted by atomic mass is 16.5. The van der Waals surface area contributed by atoms with Crippen LogP contribution in [0, 0.1) is 0 Å². The van der Waals surface area contributed by atoms with Crippen molar-refractivity contribution >= 4 is 0 Å². The molecule has 0 radical (unpaired) electrons. The summed E-state index contributed by atoms with van der Waals surface area (Å²) in [5.74, 6) is 0. The van der Waals surface area contributed by atoms with Crippen molar-refractivity contribution in [2.45, 2.75) is 12.0 Å². The molecular formula is C17H19NO. The first-order valence-corrected chi connectivity index (χ1v) is 6.72. The zero-order chi connectivity index (χ0) is 13.1. The third kappa shape index (κ3) is 2.42. The molecule has 0 spiro atoms. The molecule has 0 atom stereocenters. The molecule has 19 heavy (non-hydrogen) atoms. The van der Waals surface area contributed by atoms with E-state index < -0.39 is 0 Å². The van der Waals surface area contributed by atoms with Gasteiger partial charge >= 0.3 is 0 Å². The zero-order valence-corrected chi connectivity index (χ0v) is 11.2. The lowest BCUT2D eigenvalue weighted by Gasteiger charge is -2.41. The van der Waals surface area contributed by atoms with Gasteiger partial charge in [0.25, 0.3) is 0 Å². The van der Waals surface area contributed by atoms with E-state index in [1.54, 1.807) is 0 Å². The Morgan fingerprint density at radius 2 is 1.68 bits per heavy atom. The lowest BCUT2D eigenvalue weighted by atomic mass is 9.85. The number of ether oxygens (including phenoxy) is 1. The number of nitrogens with one attached hydrogen (secondary N) is 1. The molecule has 1 N–H and O–H groups in total. The molecule has 1 fully saturated rings. The van der Waals surface area contributed by atoms with Gasteiger partial charge in [-0.15, -0.1) is 0 Å². The van der Waals surface area contributed by atoms with Gasteiger partial charge in [-0.1, -0.05) is 54.6 Å². The molecule has 98 valence electrons. The number of hydrogen-bond acceptors (Lipinski definition) is 2. The molecule has 0 aliphatic carbocycles. The standard InChI is InChI=1S/C17H19NO/c1-19-17(12-18-13-17)11-15-9-5-6-10-16(15)14-7-3-2-4-8-14/h2-10,18H,11-13H2,1H3. The van der Waals surface area contributed by atoms with Crippen LogP contribution in [0.25, 0.3) is 11.1 Å². The fraction of sp³-hybridized carbons (Fsp3) is 0.294. The van der Waals surface area contributed by atoms with Crippen LogP contribution in [0.3, 0.4) is 0 Å². The smallest absolute Gasteiger partial charge is 0.0966 e. The highest BCUT2D eigenvalue weighted by Gasteiger charge is 2.37. The van der Waals surface area contributed by atoms with E-state index in [-0.39, 0.29) is 5.60 Å². The van der Waals surface area contributed by atoms with Crippen LogP contribution in [-0.4, -0.2) is 25.8 Å². The van der Waals surface area contributed by atoms with Crippen molar-refractivity contribution in [3.63, 3.8) is 0 Å². The van der Waals surface area contributed by atoms with Gasteiger partial charge in [0.2, 0.25) is 0 Å². The normalized spacial score (nSPS) is 16.9. The van der Waals surface area contributed by atoms with E-state index >= 15 is 0 Å². The highest BCUT2D eigenvalue weighted by Crippen LogP contribution is 2.29. The Morgan fingerprint density at radius 1 is 1.00 bits per heavy atom. The van der Waals surface area contributed by atoms with Gasteiger partial charge in [0, 0.05) is 26.6 Å². The topological polar surface area (TPSA) is 21.3 Å². The average molecular weight is 253 g/mol. The van der Waals surface area contributed by atoms with Gasteiger partial charge in [-0.05, 0) is 16.7 Å². The Morgan fingerprint density at radius 3 is 2.32 bits per heavy atom. The highest BCUT2D eigenvalue weighted by molar-refractivity contribution is 5.67. The average Bonchev–Trinajstić information content (AvgIpc) is 2.44. The van der Waals surface area contributed by atoms with Gasteiger partial charge in [-0.3, -0.25) is 0 Å². The van der Waals surface area contributed by atoms with Gasteiger partial charge in [0.15, 0.2) is 0 Å². The van der Waals surface area contributed by atoms with Gasteiger partial charge in [0.1, 0.15) is 0 Å². The van der Waals surface area contributed by atoms with Crippen molar-refractivity contribution in [2.75, 3.05) is 20.2 Å². The van der Waals surface area contributed by atoms with Gasteiger partial charge < -0.3 is 10.1 Å². The molecule has 1 aliphatic rings. The quantitative estimate of drug-likeness (QED) is 0.904. The number of benzene rings is 2. The minimum absolute atomic E-state index is 0.0229. The van der Waals surface area contributed by atoms with E-state index in [0.29, 0.717) is 0 Å². The Bertz CT molecular complexity index is 541. The summed E-state index contributed by atoms with van der Waals surface area (Å²) in [5, 5.41) is 3.31. The zero-order valence-electron chi connectivity index (χ0n) is 11.2. The predicted molar refractivity (Wildman–Crippen MR) is 78.2 cm³/mol. The SMILES string of the molecule is COC1(Cc2ccccc2-c2ccccc2)CNC1. The molecule has 2 heteroatoms. The minimum atomic E-state index is -0.0229. The first-order chi connectivity index (χ1) is 9.33. The Hall–Kier alpha value is -1.64. The third-order valence-electron chi connectivity index (χ3n) is 3.94. The molecule has 1 heterocycles. The van der Waals surface area contributed by atoms with E-state index in [4.69, 9.17) is 4.74 Å². The molecule has 2 aromatic carbocycles. The molecule has 1 aliphatic heterocycles. The van der Waals surface area contributed by atoms with Gasteiger partial charge in [-0.25, -0.2) is 0 Å². The number of hydrogen-bond donors (Lipinski definition) is 1. The molecule has 1 saturated heterocycles. The molecule has 0 aromatic heterocycles. The minimum Gasteiger partial charge on any atom is -0.375 e. The predicted octanol–water partition coefficient (Wildman–Crippen LogP) is 2.88. The van der Waals surface area contributed by atoms with Crippen LogP contribution in [0.4, 0.5) is 0 Å². The Kier molecular flexibility index (Phi) is 3.36. The summed E-state index contributed by atoms with van der Waals surface area (Å²) in [4.78, 5) is 0. The van der Waals surface area contributed by atoms with Crippen molar-refractivity contribution < 1.29 is 4.74 Å². The van der Waals surface area contributed by atoms with Crippen LogP contribution in [0.5, 0.6) is 0 Å². The van der Waals surface area contributed by atoms with Crippen LogP contribution in [0.1, 0.15) is 5.56 Å². The summed E-state index contributed by atoms with van der Waals surface area (Å²) < 4.78 is 5.71. The lowest BCUT2D eigenvalue weighted by molar-refractivity contribution is -0.0501. The molecule has 0 bridgehead atoms. The molecule has 2 nitrogen and oxygen atoms in total. The summed E-state index contributed by atoms with van der Waals surface area (Å²) in [7, 11) is 1.81. The largest absolute Gasteiger partial charge is 0.375 e. The second-order valence-corrected chi connectivity index (χ2v) is 5.19. The molecule has 2 aromatic rings. The maximum absolute atomic E-state index is 5.71. The monoisotopic (exact) mass is 253 g/mol. The number of rotatable bonds is 4. The molecule has 0 amide bonds. The maximum Gasteiger partial charge on any atom is 0.0966 e. The second-order valence-electron chi connectivity index (χ2n) is 5.19. The van der Waals surface area contributed by atoms with Gasteiger partial charge in [0.05, 0.1) is 5.60 Å². The Labute approximate surface area is 114 Å². The van der Waals surface area contributed by atoms with Crippen molar-refractivity contribution in [1.29, 1.82) is 0 Å². The van der Waals surface area contributed by atoms with Gasteiger partial charge in [-0.2, -0.15) is 0 Å². The van der Waals surface area contributed by atoms with E-state index in [0.717, 1.165) is 19.5 Å². The van der Waals surface area contributed by atoms with E-state index in [9.17, 15) is 0 Å². The molecular weight excluding hydrogens is 234 g/mol. The van der Waals surface area contributed by atoms with E-state index in [2.05, 4.69) is 59.9 Å². The summed E-state index contributed by atoms with van der Waals surface area (Å²) >= 11 is 0. The fourth-order valence-electron chi connectivity index (χ4n) is 2.67. The summed E-state index contributed by atoms with van der Waals surface area (Å²) in [5.41, 5.74) is 3.92. The van der Waals surface area contributed by atoms with E-state index in [1.807, 2.05) is 7.11 Å². The summed E-state index contributed by atoms with van der Waals surface area (Å²) in [6.07, 6.45) is 0.960. The third-order valence-corrected chi connectivity index (χ3v) is 3.94. The molecule has 0 saturated carbocycles. The molecule has 0 unspecified atom stereocenters. The van der Waals surface area contributed by atoms with Crippen LogP contribution in [0.2, 0.25) is 0 Å². The lowest BCUT2D eigenvalue weighted by Crippen LogP contribution is -2.61. The first kappa shape index (κ1) is 12.4. The van der Waals surface area contributed by atoms with Crippen LogP contribution in [-0.2, 0) is 11.2 Å². The summed E-state index contributed by atoms with van der Waals surface area (Å²) in [6.45, 7) is 1.87. The first-order valence-electron chi connectivity index (χ1n) is 6.72. The second kappa shape index (κ2) is 5.16.